The molecule has 0 aromatic heterocycles. The van der Waals surface area contributed by atoms with Gasteiger partial charge in [0.15, 0.2) is 23.4 Å². The van der Waals surface area contributed by atoms with E-state index in [0.29, 0.717) is 30.6 Å². The highest BCUT2D eigenvalue weighted by molar-refractivity contribution is 5.90. The van der Waals surface area contributed by atoms with Crippen LogP contribution in [0.25, 0.3) is 0 Å². The molecule has 12 nitrogen and oxygen atoms in total. The molecule has 1 unspecified atom stereocenters. The maximum atomic E-state index is 13.4. The third kappa shape index (κ3) is 5.20. The van der Waals surface area contributed by atoms with Gasteiger partial charge < -0.3 is 39.7 Å². The number of nitrogens with zero attached hydrogens (tertiary/aromatic N) is 2. The number of fused-ring (bicyclic) bond motifs is 4. The Morgan fingerprint density at radius 1 is 1.17 bits per heavy atom. The molecule has 4 N–H and O–H groups in total. The lowest BCUT2D eigenvalue weighted by Crippen LogP contribution is -2.87. The van der Waals surface area contributed by atoms with Gasteiger partial charge in [-0.3, -0.25) is 14.4 Å². The molecule has 2 aromatic carbocycles. The maximum Gasteiger partial charge on any atom is 0.415 e. The predicted molar refractivity (Wildman–Crippen MR) is 173 cm³/mol. The van der Waals surface area contributed by atoms with Gasteiger partial charge in [0.2, 0.25) is 11.8 Å². The first-order valence-electron chi connectivity index (χ1n) is 17.0. The van der Waals surface area contributed by atoms with Gasteiger partial charge in [0.1, 0.15) is 23.4 Å². The van der Waals surface area contributed by atoms with Crippen molar-refractivity contribution in [2.24, 2.45) is 5.92 Å². The van der Waals surface area contributed by atoms with Crippen molar-refractivity contribution in [3.8, 4) is 17.2 Å². The minimum atomic E-state index is -1.11. The molecule has 2 bridgehead atoms. The first kappa shape index (κ1) is 32.4. The van der Waals surface area contributed by atoms with E-state index in [1.807, 2.05) is 6.07 Å². The maximum absolute atomic E-state index is 13.4. The van der Waals surface area contributed by atoms with Crippen molar-refractivity contribution in [3.05, 3.63) is 53.6 Å². The summed E-state index contributed by atoms with van der Waals surface area (Å²) in [5.74, 6) is 0.561. The molecule has 5 aliphatic rings. The van der Waals surface area contributed by atoms with Crippen LogP contribution in [-0.2, 0) is 26.2 Å². The number of carbonyl (C=O) groups excluding carboxylic acids is 4. The lowest BCUT2D eigenvalue weighted by atomic mass is 9.46. The number of phenols is 1. The predicted octanol–water partition coefficient (Wildman–Crippen LogP) is 2.18. The Morgan fingerprint density at radius 2 is 1.92 bits per heavy atom. The number of hydrogen-bond donors (Lipinski definition) is 4. The molecule has 7 rings (SSSR count). The molecule has 4 fully saturated rings. The number of ketones is 1. The van der Waals surface area contributed by atoms with Crippen LogP contribution in [-0.4, -0.2) is 107 Å². The Bertz CT molecular complexity index is 1640. The Labute approximate surface area is 280 Å². The monoisotopic (exact) mass is 661 g/mol. The number of likely N-dealkylation sites (N-methyl/N-ethyl adjacent to an activating group) is 2. The van der Waals surface area contributed by atoms with Gasteiger partial charge in [0.05, 0.1) is 31.5 Å². The first-order chi connectivity index (χ1) is 22.9. The number of hydrogen-bond acceptors (Lipinski definition) is 8. The lowest BCUT2D eigenvalue weighted by molar-refractivity contribution is -1.01. The zero-order valence-electron chi connectivity index (χ0n) is 27.7. The highest BCUT2D eigenvalue weighted by Crippen LogP contribution is 2.68. The summed E-state index contributed by atoms with van der Waals surface area (Å²) in [5.41, 5.74) is -0.482. The van der Waals surface area contributed by atoms with E-state index >= 15 is 0 Å². The number of aromatic hydroxyl groups is 1. The number of carbonyl (C=O) groups is 4. The number of quaternary nitrogens is 1. The number of ether oxygens (including phenoxy) is 2. The Balaban J connectivity index is 1.02. The zero-order valence-corrected chi connectivity index (χ0v) is 27.7. The fraction of sp³-hybridized carbons (Fsp3) is 0.556. The van der Waals surface area contributed by atoms with Crippen LogP contribution in [0.3, 0.4) is 0 Å². The zero-order chi connectivity index (χ0) is 34.0. The molecule has 12 heteroatoms. The number of piperidine rings is 1. The number of Topliss-reactive ketones (excluding diaryl/α,β-unsaturated/α-hetero) is 1. The summed E-state index contributed by atoms with van der Waals surface area (Å²) >= 11 is 0. The molecule has 0 radical (unpaired) electrons. The molecule has 2 heterocycles. The molecule has 1 saturated heterocycles. The van der Waals surface area contributed by atoms with Crippen molar-refractivity contribution in [1.29, 1.82) is 0 Å². The standard InChI is InChI=1S/C36H44N4O8/c1-21(41)38-27(17-22-9-11-25(42)12-10-22)33(44)37-15-16-39(2)34(45)47-29-6-4-5-26-31(29)48-32-28(43)13-14-36(46)30-18-24(19-35(26,32)36)40(30,3)20-23-7-8-23/h4-6,9-12,23-24,27,30,32,46H,7-8,13-20H2,1-3H3,(H2-,37,38,41,42,44)/p+1/t24-,27-,30+,32-,35-,36+,40?/m0/s1. The average molecular weight is 662 g/mol. The van der Waals surface area contributed by atoms with E-state index < -0.39 is 35.2 Å². The summed E-state index contributed by atoms with van der Waals surface area (Å²) in [6, 6.07) is 11.2. The van der Waals surface area contributed by atoms with Gasteiger partial charge in [-0.05, 0) is 43.0 Å². The molecule has 3 aliphatic carbocycles. The summed E-state index contributed by atoms with van der Waals surface area (Å²) in [6.45, 7) is 2.63. The number of phenolic OH excluding ortho intramolecular Hbond substituents is 1. The van der Waals surface area contributed by atoms with Crippen LogP contribution in [0.1, 0.15) is 56.6 Å². The third-order valence-electron chi connectivity index (χ3n) is 11.8. The third-order valence-corrected chi connectivity index (χ3v) is 11.8. The normalized spacial score (nSPS) is 31.6. The van der Waals surface area contributed by atoms with Crippen molar-refractivity contribution in [2.75, 3.05) is 33.7 Å². The molecule has 3 amide bonds. The van der Waals surface area contributed by atoms with Gasteiger partial charge in [0.25, 0.3) is 0 Å². The van der Waals surface area contributed by atoms with E-state index in [1.54, 1.807) is 31.3 Å². The van der Waals surface area contributed by atoms with Crippen LogP contribution in [0.15, 0.2) is 42.5 Å². The number of amides is 3. The minimum Gasteiger partial charge on any atom is -0.508 e. The van der Waals surface area contributed by atoms with Crippen molar-refractivity contribution >= 4 is 23.7 Å². The second-order valence-electron chi connectivity index (χ2n) is 14.8. The number of nitrogens with one attached hydrogen (secondary N) is 2. The van der Waals surface area contributed by atoms with Crippen LogP contribution >= 0.6 is 0 Å². The number of aliphatic hydroxyl groups is 1. The summed E-state index contributed by atoms with van der Waals surface area (Å²) in [4.78, 5) is 52.7. The minimum absolute atomic E-state index is 0.0262. The molecule has 1 spiro atoms. The van der Waals surface area contributed by atoms with Gasteiger partial charge in [-0.2, -0.15) is 0 Å². The number of para-hydroxylation sites is 1. The van der Waals surface area contributed by atoms with E-state index in [2.05, 4.69) is 17.7 Å². The van der Waals surface area contributed by atoms with Crippen molar-refractivity contribution in [3.63, 3.8) is 0 Å². The number of rotatable bonds is 10. The first-order valence-corrected chi connectivity index (χ1v) is 17.0. The van der Waals surface area contributed by atoms with E-state index in [1.165, 1.54) is 36.8 Å². The Morgan fingerprint density at radius 3 is 2.62 bits per heavy atom. The summed E-state index contributed by atoms with van der Waals surface area (Å²) in [5, 5.41) is 27.6. The van der Waals surface area contributed by atoms with E-state index in [-0.39, 0.29) is 55.2 Å². The molecular weight excluding hydrogens is 616 g/mol. The van der Waals surface area contributed by atoms with Gasteiger partial charge >= 0.3 is 6.09 Å². The molecule has 48 heavy (non-hydrogen) atoms. The summed E-state index contributed by atoms with van der Waals surface area (Å²) in [7, 11) is 3.82. The van der Waals surface area contributed by atoms with Crippen molar-refractivity contribution in [1.82, 2.24) is 15.5 Å². The fourth-order valence-corrected chi connectivity index (χ4v) is 9.15. The molecule has 7 atom stereocenters. The number of likely N-dealkylation sites (tertiary alicyclic amines) is 1. The van der Waals surface area contributed by atoms with Crippen LogP contribution in [0, 0.1) is 5.92 Å². The molecule has 2 aliphatic heterocycles. The Hall–Kier alpha value is -4.16. The second-order valence-corrected chi connectivity index (χ2v) is 14.8. The molecule has 3 saturated carbocycles. The van der Waals surface area contributed by atoms with Crippen LogP contribution in [0.2, 0.25) is 0 Å². The quantitative estimate of drug-likeness (QED) is 0.283. The average Bonchev–Trinajstić information content (AvgIpc) is 3.79. The molecule has 256 valence electrons. The lowest BCUT2D eigenvalue weighted by Gasteiger charge is -2.71. The summed E-state index contributed by atoms with van der Waals surface area (Å²) < 4.78 is 13.1. The van der Waals surface area contributed by atoms with Gasteiger partial charge in [-0.1, -0.05) is 24.3 Å². The Kier molecular flexibility index (Phi) is 7.94. The van der Waals surface area contributed by atoms with Gasteiger partial charge in [0, 0.05) is 57.8 Å². The number of benzene rings is 2. The molecule has 2 aromatic rings. The SMILES string of the molecule is CC(=O)N[C@@H](Cc1ccc(O)cc1)C(=O)NCCN(C)C(=O)Oc1cccc2c1O[C@H]1C(=O)CC[C@@]3(O)[C@H]4C[C@@H](C[C@]213)[N+]4(C)CC1CC1. The van der Waals surface area contributed by atoms with E-state index in [4.69, 9.17) is 9.47 Å². The van der Waals surface area contributed by atoms with Gasteiger partial charge in [-0.15, -0.1) is 0 Å². The van der Waals surface area contributed by atoms with Crippen molar-refractivity contribution in [2.45, 2.75) is 87.1 Å². The van der Waals surface area contributed by atoms with E-state index in [9.17, 15) is 29.4 Å². The molecular formula is C36H45N4O8+. The topological polar surface area (TPSA) is 154 Å². The van der Waals surface area contributed by atoms with Crippen LogP contribution in [0.5, 0.6) is 17.2 Å². The highest BCUT2D eigenvalue weighted by atomic mass is 16.6. The largest absolute Gasteiger partial charge is 0.508 e. The van der Waals surface area contributed by atoms with Gasteiger partial charge in [-0.25, -0.2) is 4.79 Å². The highest BCUT2D eigenvalue weighted by Gasteiger charge is 2.80. The second kappa shape index (κ2) is 11.8. The summed E-state index contributed by atoms with van der Waals surface area (Å²) in [6.07, 6.45) is 3.47. The van der Waals surface area contributed by atoms with Crippen LogP contribution in [0.4, 0.5) is 4.79 Å². The fourth-order valence-electron chi connectivity index (χ4n) is 9.15. The van der Waals surface area contributed by atoms with E-state index in [0.717, 1.165) is 28.6 Å². The smallest absolute Gasteiger partial charge is 0.415 e. The van der Waals surface area contributed by atoms with Crippen LogP contribution < -0.4 is 20.1 Å². The van der Waals surface area contributed by atoms with Crippen molar-refractivity contribution < 1.29 is 43.3 Å².